The monoisotopic (exact) mass is 402 g/mol. The van der Waals surface area contributed by atoms with Gasteiger partial charge in [-0.05, 0) is 48.1 Å². The largest absolute Gasteiger partial charge is 0.493 e. The molecule has 7 heteroatoms. The van der Waals surface area contributed by atoms with Gasteiger partial charge in [0.15, 0.2) is 17.5 Å². The third-order valence-electron chi connectivity index (χ3n) is 4.82. The van der Waals surface area contributed by atoms with E-state index in [0.29, 0.717) is 6.54 Å². The minimum atomic E-state index is 0.581. The first-order valence-electron chi connectivity index (χ1n) is 9.74. The van der Waals surface area contributed by atoms with E-state index >= 15 is 0 Å². The molecular weight excluding hydrogens is 372 g/mol. The number of fused-ring (bicyclic) bond motifs is 1. The number of ether oxygens (including phenoxy) is 2. The number of guanidine groups is 1. The molecule has 1 aromatic heterocycles. The smallest absolute Gasteiger partial charge is 0.191 e. The Balaban J connectivity index is 1.51. The highest BCUT2D eigenvalue weighted by Crippen LogP contribution is 2.27. The summed E-state index contributed by atoms with van der Waals surface area (Å²) < 4.78 is 10.7. The molecule has 1 aliphatic rings. The molecule has 0 saturated heterocycles. The van der Waals surface area contributed by atoms with Crippen LogP contribution < -0.4 is 20.1 Å². The predicted octanol–water partition coefficient (Wildman–Crippen LogP) is 2.88. The SMILES string of the molecule is CCNC(=NCc1ccc(OC)c(OC)c1)NCCN1CCc2sccc2C1. The second-order valence-corrected chi connectivity index (χ2v) is 7.71. The fourth-order valence-electron chi connectivity index (χ4n) is 3.32. The topological polar surface area (TPSA) is 58.1 Å². The first-order chi connectivity index (χ1) is 13.7. The molecule has 0 radical (unpaired) electrons. The molecule has 0 spiro atoms. The second kappa shape index (κ2) is 10.3. The van der Waals surface area contributed by atoms with Gasteiger partial charge in [0.05, 0.1) is 20.8 Å². The molecule has 0 atom stereocenters. The van der Waals surface area contributed by atoms with Gasteiger partial charge in [0.2, 0.25) is 0 Å². The van der Waals surface area contributed by atoms with Crippen LogP contribution in [0.5, 0.6) is 11.5 Å². The maximum absolute atomic E-state index is 5.37. The van der Waals surface area contributed by atoms with E-state index in [2.05, 4.69) is 33.9 Å². The van der Waals surface area contributed by atoms with E-state index < -0.39 is 0 Å². The fourth-order valence-corrected chi connectivity index (χ4v) is 4.21. The van der Waals surface area contributed by atoms with Crippen LogP contribution in [0, 0.1) is 0 Å². The van der Waals surface area contributed by atoms with Gasteiger partial charge in [-0.15, -0.1) is 11.3 Å². The minimum absolute atomic E-state index is 0.581. The van der Waals surface area contributed by atoms with Crippen LogP contribution in [0.25, 0.3) is 0 Å². The summed E-state index contributed by atoms with van der Waals surface area (Å²) in [5.74, 6) is 2.30. The molecule has 2 N–H and O–H groups in total. The summed E-state index contributed by atoms with van der Waals surface area (Å²) in [5, 5.41) is 8.98. The highest BCUT2D eigenvalue weighted by Gasteiger charge is 2.16. The van der Waals surface area contributed by atoms with Crippen LogP contribution in [0.3, 0.4) is 0 Å². The average Bonchev–Trinajstić information content (AvgIpc) is 3.19. The number of thiophene rings is 1. The lowest BCUT2D eigenvalue weighted by atomic mass is 10.1. The summed E-state index contributed by atoms with van der Waals surface area (Å²) >= 11 is 1.88. The standard InChI is InChI=1S/C21H30N4O2S/c1-4-22-21(24-14-16-5-6-18(26-2)19(13-16)27-3)23-9-11-25-10-7-20-17(15-25)8-12-28-20/h5-6,8,12-13H,4,7,9-11,14-15H2,1-3H3,(H2,22,23,24). The molecule has 0 aliphatic carbocycles. The number of hydrogen-bond acceptors (Lipinski definition) is 5. The van der Waals surface area contributed by atoms with Crippen molar-refractivity contribution in [2.24, 2.45) is 4.99 Å². The molecule has 6 nitrogen and oxygen atoms in total. The number of methoxy groups -OCH3 is 2. The maximum Gasteiger partial charge on any atom is 0.191 e. The highest BCUT2D eigenvalue weighted by atomic mass is 32.1. The molecule has 1 aromatic carbocycles. The number of benzene rings is 1. The lowest BCUT2D eigenvalue weighted by molar-refractivity contribution is 0.260. The van der Waals surface area contributed by atoms with Crippen LogP contribution in [-0.2, 0) is 19.5 Å². The molecule has 152 valence electrons. The molecule has 1 aliphatic heterocycles. The summed E-state index contributed by atoms with van der Waals surface area (Å²) in [7, 11) is 3.29. The zero-order valence-electron chi connectivity index (χ0n) is 17.0. The Labute approximate surface area is 171 Å². The van der Waals surface area contributed by atoms with Gasteiger partial charge in [0.25, 0.3) is 0 Å². The first-order valence-corrected chi connectivity index (χ1v) is 10.6. The van der Waals surface area contributed by atoms with Crippen molar-refractivity contribution in [3.05, 3.63) is 45.6 Å². The van der Waals surface area contributed by atoms with E-state index in [9.17, 15) is 0 Å². The third kappa shape index (κ3) is 5.39. The molecule has 0 saturated carbocycles. The van der Waals surface area contributed by atoms with Gasteiger partial charge < -0.3 is 20.1 Å². The van der Waals surface area contributed by atoms with Crippen molar-refractivity contribution in [1.29, 1.82) is 0 Å². The van der Waals surface area contributed by atoms with Crippen molar-refractivity contribution in [3.8, 4) is 11.5 Å². The molecule has 28 heavy (non-hydrogen) atoms. The number of nitrogens with zero attached hydrogens (tertiary/aromatic N) is 2. The third-order valence-corrected chi connectivity index (χ3v) is 5.84. The van der Waals surface area contributed by atoms with E-state index in [1.165, 1.54) is 12.0 Å². The van der Waals surface area contributed by atoms with E-state index in [0.717, 1.165) is 55.7 Å². The first kappa shape index (κ1) is 20.5. The number of rotatable bonds is 8. The number of nitrogens with one attached hydrogen (secondary N) is 2. The molecule has 2 aromatic rings. The van der Waals surface area contributed by atoms with Gasteiger partial charge in [-0.1, -0.05) is 6.07 Å². The summed E-state index contributed by atoms with van der Waals surface area (Å²) in [6.45, 7) is 7.56. The normalized spacial score (nSPS) is 14.5. The Kier molecular flexibility index (Phi) is 7.56. The number of aliphatic imine (C=N–C) groups is 1. The molecular formula is C21H30N4O2S. The summed E-state index contributed by atoms with van der Waals surface area (Å²) in [6, 6.07) is 8.16. The molecule has 2 heterocycles. The predicted molar refractivity (Wildman–Crippen MR) is 116 cm³/mol. The van der Waals surface area contributed by atoms with E-state index in [4.69, 9.17) is 14.5 Å². The van der Waals surface area contributed by atoms with Gasteiger partial charge in [0.1, 0.15) is 0 Å². The van der Waals surface area contributed by atoms with Crippen molar-refractivity contribution >= 4 is 17.3 Å². The summed E-state index contributed by atoms with van der Waals surface area (Å²) in [6.07, 6.45) is 1.17. The summed E-state index contributed by atoms with van der Waals surface area (Å²) in [5.41, 5.74) is 2.57. The Bertz CT molecular complexity index is 790. The molecule has 0 fully saturated rings. The van der Waals surface area contributed by atoms with Gasteiger partial charge in [-0.25, -0.2) is 4.99 Å². The van der Waals surface area contributed by atoms with Crippen molar-refractivity contribution in [3.63, 3.8) is 0 Å². The van der Waals surface area contributed by atoms with Crippen molar-refractivity contribution in [2.45, 2.75) is 26.4 Å². The molecule has 0 unspecified atom stereocenters. The van der Waals surface area contributed by atoms with Crippen LogP contribution in [-0.4, -0.2) is 51.3 Å². The van der Waals surface area contributed by atoms with E-state index in [1.54, 1.807) is 19.1 Å². The zero-order valence-corrected chi connectivity index (χ0v) is 17.8. The zero-order chi connectivity index (χ0) is 19.8. The van der Waals surface area contributed by atoms with Crippen molar-refractivity contribution in [2.75, 3.05) is 40.4 Å². The quantitative estimate of drug-likeness (QED) is 0.525. The number of hydrogen-bond donors (Lipinski definition) is 2. The Morgan fingerprint density at radius 3 is 2.82 bits per heavy atom. The molecule has 0 amide bonds. The Morgan fingerprint density at radius 1 is 1.18 bits per heavy atom. The van der Waals surface area contributed by atoms with Crippen LogP contribution in [0.15, 0.2) is 34.6 Å². The van der Waals surface area contributed by atoms with Crippen molar-refractivity contribution < 1.29 is 9.47 Å². The van der Waals surface area contributed by atoms with Gasteiger partial charge in [-0.2, -0.15) is 0 Å². The Morgan fingerprint density at radius 2 is 2.04 bits per heavy atom. The van der Waals surface area contributed by atoms with Gasteiger partial charge in [0, 0.05) is 37.6 Å². The minimum Gasteiger partial charge on any atom is -0.493 e. The lowest BCUT2D eigenvalue weighted by Gasteiger charge is -2.27. The lowest BCUT2D eigenvalue weighted by Crippen LogP contribution is -2.42. The van der Waals surface area contributed by atoms with E-state index in [-0.39, 0.29) is 0 Å². The second-order valence-electron chi connectivity index (χ2n) is 6.71. The molecule has 0 bridgehead atoms. The van der Waals surface area contributed by atoms with Gasteiger partial charge in [-0.3, -0.25) is 4.90 Å². The van der Waals surface area contributed by atoms with Crippen LogP contribution in [0.4, 0.5) is 0 Å². The van der Waals surface area contributed by atoms with Crippen LogP contribution >= 0.6 is 11.3 Å². The van der Waals surface area contributed by atoms with Crippen LogP contribution in [0.1, 0.15) is 22.9 Å². The van der Waals surface area contributed by atoms with Crippen LogP contribution in [0.2, 0.25) is 0 Å². The molecule has 3 rings (SSSR count). The maximum atomic E-state index is 5.37. The highest BCUT2D eigenvalue weighted by molar-refractivity contribution is 7.10. The van der Waals surface area contributed by atoms with E-state index in [1.807, 2.05) is 29.5 Å². The Hall–Kier alpha value is -2.25. The van der Waals surface area contributed by atoms with Crippen molar-refractivity contribution in [1.82, 2.24) is 15.5 Å². The summed E-state index contributed by atoms with van der Waals surface area (Å²) in [4.78, 5) is 8.76. The fraction of sp³-hybridized carbons (Fsp3) is 0.476. The average molecular weight is 403 g/mol. The van der Waals surface area contributed by atoms with Gasteiger partial charge >= 0.3 is 0 Å².